The molecule has 0 radical (unpaired) electrons. The Balaban J connectivity index is 2.55. The highest BCUT2D eigenvalue weighted by atomic mass is 32.2. The first-order valence-electron chi connectivity index (χ1n) is 8.09. The van der Waals surface area contributed by atoms with Gasteiger partial charge in [-0.2, -0.15) is 17.0 Å². The SMILES string of the molecule is CCCC(=O)N(c1c[nH]c2ccccc12)C(CSC)C(=O)N(C)C#N. The number of hydrogen-bond acceptors (Lipinski definition) is 4. The van der Waals surface area contributed by atoms with E-state index in [1.54, 1.807) is 11.1 Å². The van der Waals surface area contributed by atoms with Crippen LogP contribution in [0.3, 0.4) is 0 Å². The second kappa shape index (κ2) is 8.58. The molecule has 6 nitrogen and oxygen atoms in total. The van der Waals surface area contributed by atoms with Crippen LogP contribution in [-0.2, 0) is 9.59 Å². The summed E-state index contributed by atoms with van der Waals surface area (Å²) >= 11 is 1.47. The topological polar surface area (TPSA) is 80.2 Å². The number of nitrogens with zero attached hydrogens (tertiary/aromatic N) is 3. The van der Waals surface area contributed by atoms with Crippen molar-refractivity contribution in [3.8, 4) is 6.19 Å². The van der Waals surface area contributed by atoms with Crippen molar-refractivity contribution in [2.45, 2.75) is 25.8 Å². The van der Waals surface area contributed by atoms with E-state index >= 15 is 0 Å². The number of rotatable bonds is 7. The van der Waals surface area contributed by atoms with E-state index in [2.05, 4.69) is 4.98 Å². The maximum Gasteiger partial charge on any atom is 0.259 e. The lowest BCUT2D eigenvalue weighted by molar-refractivity contribution is -0.130. The van der Waals surface area contributed by atoms with Crippen molar-refractivity contribution in [1.29, 1.82) is 5.26 Å². The number of aromatic nitrogens is 1. The van der Waals surface area contributed by atoms with Gasteiger partial charge in [0.15, 0.2) is 6.19 Å². The van der Waals surface area contributed by atoms with E-state index in [9.17, 15) is 9.59 Å². The normalized spacial score (nSPS) is 11.8. The highest BCUT2D eigenvalue weighted by Crippen LogP contribution is 2.30. The fourth-order valence-electron chi connectivity index (χ4n) is 2.75. The van der Waals surface area contributed by atoms with Crippen LogP contribution in [0, 0.1) is 11.5 Å². The number of fused-ring (bicyclic) bond motifs is 1. The van der Waals surface area contributed by atoms with Gasteiger partial charge in [-0.25, -0.2) is 0 Å². The zero-order valence-electron chi connectivity index (χ0n) is 14.7. The summed E-state index contributed by atoms with van der Waals surface area (Å²) in [7, 11) is 1.42. The summed E-state index contributed by atoms with van der Waals surface area (Å²) in [6.45, 7) is 1.93. The van der Waals surface area contributed by atoms with Gasteiger partial charge < -0.3 is 4.98 Å². The number of carbonyl (C=O) groups excluding carboxylic acids is 2. The number of aromatic amines is 1. The minimum atomic E-state index is -0.724. The monoisotopic (exact) mass is 358 g/mol. The van der Waals surface area contributed by atoms with Crippen LogP contribution in [0.1, 0.15) is 19.8 Å². The number of nitrogens with one attached hydrogen (secondary N) is 1. The van der Waals surface area contributed by atoms with Gasteiger partial charge in [0.25, 0.3) is 5.91 Å². The minimum Gasteiger partial charge on any atom is -0.359 e. The number of nitriles is 1. The van der Waals surface area contributed by atoms with Gasteiger partial charge in [-0.05, 0) is 18.7 Å². The van der Waals surface area contributed by atoms with Gasteiger partial charge >= 0.3 is 0 Å². The summed E-state index contributed by atoms with van der Waals surface area (Å²) in [5.41, 5.74) is 1.57. The van der Waals surface area contributed by atoms with Gasteiger partial charge in [0, 0.05) is 36.3 Å². The number of amides is 2. The third-order valence-corrected chi connectivity index (χ3v) is 4.61. The van der Waals surface area contributed by atoms with Crippen LogP contribution in [0.4, 0.5) is 5.69 Å². The third kappa shape index (κ3) is 3.97. The zero-order chi connectivity index (χ0) is 18.4. The summed E-state index contributed by atoms with van der Waals surface area (Å²) in [6, 6.07) is 6.93. The van der Waals surface area contributed by atoms with E-state index in [4.69, 9.17) is 5.26 Å². The first-order valence-corrected chi connectivity index (χ1v) is 9.48. The van der Waals surface area contributed by atoms with Crippen LogP contribution in [0.25, 0.3) is 10.9 Å². The zero-order valence-corrected chi connectivity index (χ0v) is 15.5. The third-order valence-electron chi connectivity index (χ3n) is 3.96. The Bertz CT molecular complexity index is 796. The molecule has 0 saturated heterocycles. The molecular formula is C18H22N4O2S. The van der Waals surface area contributed by atoms with E-state index in [-0.39, 0.29) is 11.8 Å². The molecule has 2 aromatic rings. The molecule has 1 aromatic carbocycles. The Morgan fingerprint density at radius 3 is 2.72 bits per heavy atom. The van der Waals surface area contributed by atoms with Gasteiger partial charge in [0.2, 0.25) is 5.91 Å². The standard InChI is InChI=1S/C18H22N4O2S/c1-4-7-17(23)22(16(11-25-3)18(24)21(2)12-19)15-10-20-14-9-6-5-8-13(14)15/h5-6,8-10,16,20H,4,7,11H2,1-3H3. The smallest absolute Gasteiger partial charge is 0.259 e. The van der Waals surface area contributed by atoms with Gasteiger partial charge in [-0.15, -0.1) is 0 Å². The first-order chi connectivity index (χ1) is 12.0. The van der Waals surface area contributed by atoms with Crippen LogP contribution in [-0.4, -0.2) is 46.8 Å². The molecule has 0 aliphatic heterocycles. The van der Waals surface area contributed by atoms with Gasteiger partial charge in [-0.3, -0.25) is 19.4 Å². The van der Waals surface area contributed by atoms with Gasteiger partial charge in [-0.1, -0.05) is 25.1 Å². The fraction of sp³-hybridized carbons (Fsp3) is 0.389. The van der Waals surface area contributed by atoms with Crippen molar-refractivity contribution in [3.05, 3.63) is 30.5 Å². The number of likely N-dealkylation sites (N-methyl/N-ethyl adjacent to an activating group) is 1. The van der Waals surface area contributed by atoms with Gasteiger partial charge in [0.05, 0.1) is 5.69 Å². The van der Waals surface area contributed by atoms with Crippen molar-refractivity contribution in [2.75, 3.05) is 24.0 Å². The Hall–Kier alpha value is -2.46. The molecule has 0 fully saturated rings. The molecule has 2 amide bonds. The molecule has 0 aliphatic rings. The van der Waals surface area contributed by atoms with Crippen molar-refractivity contribution < 1.29 is 9.59 Å². The second-order valence-electron chi connectivity index (χ2n) is 5.70. The van der Waals surface area contributed by atoms with Crippen LogP contribution >= 0.6 is 11.8 Å². The number of carbonyl (C=O) groups is 2. The molecule has 7 heteroatoms. The lowest BCUT2D eigenvalue weighted by Gasteiger charge is -2.31. The number of hydrogen-bond donors (Lipinski definition) is 1. The molecule has 1 heterocycles. The molecule has 0 spiro atoms. The summed E-state index contributed by atoms with van der Waals surface area (Å²) in [5, 5.41) is 9.97. The molecule has 1 N–H and O–H groups in total. The molecular weight excluding hydrogens is 336 g/mol. The van der Waals surface area contributed by atoms with Gasteiger partial charge in [0.1, 0.15) is 6.04 Å². The van der Waals surface area contributed by atoms with E-state index in [0.717, 1.165) is 15.8 Å². The summed E-state index contributed by atoms with van der Waals surface area (Å²) < 4.78 is 0. The molecule has 2 rings (SSSR count). The number of H-pyrrole nitrogens is 1. The van der Waals surface area contributed by atoms with Crippen molar-refractivity contribution in [1.82, 2.24) is 9.88 Å². The van der Waals surface area contributed by atoms with E-state index in [0.29, 0.717) is 24.3 Å². The Morgan fingerprint density at radius 1 is 1.36 bits per heavy atom. The van der Waals surface area contributed by atoms with E-state index in [1.807, 2.05) is 43.6 Å². The van der Waals surface area contributed by atoms with Crippen molar-refractivity contribution in [3.63, 3.8) is 0 Å². The first kappa shape index (κ1) is 18.9. The highest BCUT2D eigenvalue weighted by molar-refractivity contribution is 7.98. The fourth-order valence-corrected chi connectivity index (χ4v) is 3.36. The largest absolute Gasteiger partial charge is 0.359 e. The lowest BCUT2D eigenvalue weighted by atomic mass is 10.1. The molecule has 0 saturated carbocycles. The van der Waals surface area contributed by atoms with Crippen LogP contribution in [0.5, 0.6) is 0 Å². The number of thioether (sulfide) groups is 1. The Morgan fingerprint density at radius 2 is 2.08 bits per heavy atom. The molecule has 1 atom stereocenters. The molecule has 25 heavy (non-hydrogen) atoms. The summed E-state index contributed by atoms with van der Waals surface area (Å²) in [4.78, 5) is 31.3. The maximum absolute atomic E-state index is 12.9. The minimum absolute atomic E-state index is 0.119. The number of anilines is 1. The molecule has 1 unspecified atom stereocenters. The Labute approximate surface area is 151 Å². The lowest BCUT2D eigenvalue weighted by Crippen LogP contribution is -2.51. The van der Waals surface area contributed by atoms with Crippen molar-refractivity contribution in [2.24, 2.45) is 0 Å². The quantitative estimate of drug-likeness (QED) is 0.609. The summed E-state index contributed by atoms with van der Waals surface area (Å²) in [5.74, 6) is -0.0858. The predicted octanol–water partition coefficient (Wildman–Crippen LogP) is 2.97. The maximum atomic E-state index is 12.9. The Kier molecular flexibility index (Phi) is 6.48. The second-order valence-corrected chi connectivity index (χ2v) is 6.61. The van der Waals surface area contributed by atoms with Crippen LogP contribution in [0.2, 0.25) is 0 Å². The number of para-hydroxylation sites is 1. The average molecular weight is 358 g/mol. The van der Waals surface area contributed by atoms with Crippen LogP contribution in [0.15, 0.2) is 30.5 Å². The molecule has 0 bridgehead atoms. The molecule has 132 valence electrons. The number of benzene rings is 1. The summed E-state index contributed by atoms with van der Waals surface area (Å²) in [6.07, 6.45) is 6.50. The van der Waals surface area contributed by atoms with E-state index in [1.165, 1.54) is 18.8 Å². The molecule has 1 aromatic heterocycles. The average Bonchev–Trinajstić information content (AvgIpc) is 3.04. The van der Waals surface area contributed by atoms with Crippen LogP contribution < -0.4 is 4.90 Å². The van der Waals surface area contributed by atoms with E-state index < -0.39 is 6.04 Å². The van der Waals surface area contributed by atoms with Crippen molar-refractivity contribution >= 4 is 40.2 Å². The predicted molar refractivity (Wildman–Crippen MR) is 101 cm³/mol. The highest BCUT2D eigenvalue weighted by Gasteiger charge is 2.33. The molecule has 0 aliphatic carbocycles.